The second-order valence-corrected chi connectivity index (χ2v) is 6.34. The van der Waals surface area contributed by atoms with Crippen LogP contribution in [0.4, 0.5) is 5.69 Å². The topological polar surface area (TPSA) is 64.0 Å². The zero-order chi connectivity index (χ0) is 13.9. The van der Waals surface area contributed by atoms with Gasteiger partial charge in [0.2, 0.25) is 10.0 Å². The van der Waals surface area contributed by atoms with Crippen LogP contribution in [0.2, 0.25) is 5.02 Å². The number of hydrogen-bond donors (Lipinski definition) is 1. The number of alkyl halides is 1. The van der Waals surface area contributed by atoms with Gasteiger partial charge in [0.05, 0.1) is 28.5 Å². The molecular weight excluding hydrogens is 309 g/mol. The van der Waals surface area contributed by atoms with E-state index in [0.29, 0.717) is 16.4 Å². The first kappa shape index (κ1) is 14.2. The van der Waals surface area contributed by atoms with Gasteiger partial charge in [0.15, 0.2) is 0 Å². The van der Waals surface area contributed by atoms with Crippen LogP contribution in [-0.4, -0.2) is 29.6 Å². The van der Waals surface area contributed by atoms with Crippen molar-refractivity contribution in [3.8, 4) is 5.69 Å². The molecule has 0 radical (unpaired) electrons. The molecule has 0 aliphatic carbocycles. The number of aromatic nitrogens is 2. The fourth-order valence-electron chi connectivity index (χ4n) is 1.57. The van der Waals surface area contributed by atoms with Crippen molar-refractivity contribution >= 4 is 38.9 Å². The van der Waals surface area contributed by atoms with Crippen molar-refractivity contribution in [2.45, 2.75) is 0 Å². The van der Waals surface area contributed by atoms with Gasteiger partial charge in [-0.05, 0) is 12.1 Å². The summed E-state index contributed by atoms with van der Waals surface area (Å²) in [6.07, 6.45) is 4.81. The zero-order valence-electron chi connectivity index (χ0n) is 9.75. The molecule has 2 rings (SSSR count). The average Bonchev–Trinajstić information content (AvgIpc) is 2.81. The van der Waals surface area contributed by atoms with E-state index in [0.717, 1.165) is 0 Å². The van der Waals surface area contributed by atoms with Gasteiger partial charge >= 0.3 is 0 Å². The second kappa shape index (κ2) is 5.81. The van der Waals surface area contributed by atoms with E-state index in [9.17, 15) is 8.42 Å². The lowest BCUT2D eigenvalue weighted by Gasteiger charge is -2.13. The summed E-state index contributed by atoms with van der Waals surface area (Å²) in [6.45, 7) is 0. The van der Waals surface area contributed by atoms with Crippen LogP contribution in [0, 0.1) is 0 Å². The van der Waals surface area contributed by atoms with Gasteiger partial charge in [-0.15, -0.1) is 11.6 Å². The van der Waals surface area contributed by atoms with Gasteiger partial charge in [-0.1, -0.05) is 17.7 Å². The van der Waals surface area contributed by atoms with E-state index in [1.54, 1.807) is 41.5 Å². The lowest BCUT2D eigenvalue weighted by Crippen LogP contribution is -2.18. The number of imidazole rings is 1. The van der Waals surface area contributed by atoms with Crippen LogP contribution in [0.3, 0.4) is 0 Å². The molecule has 0 saturated carbocycles. The fourth-order valence-corrected chi connectivity index (χ4v) is 3.26. The molecule has 0 aliphatic rings. The van der Waals surface area contributed by atoms with Crippen LogP contribution in [0.1, 0.15) is 0 Å². The van der Waals surface area contributed by atoms with Gasteiger partial charge in [0.25, 0.3) is 0 Å². The molecule has 2 aromatic rings. The maximum atomic E-state index is 11.8. The van der Waals surface area contributed by atoms with E-state index < -0.39 is 10.0 Å². The van der Waals surface area contributed by atoms with Gasteiger partial charge in [-0.3, -0.25) is 4.72 Å². The molecule has 5 nitrogen and oxygen atoms in total. The molecule has 0 unspecified atom stereocenters. The molecule has 0 amide bonds. The lowest BCUT2D eigenvalue weighted by atomic mass is 10.2. The molecule has 0 fully saturated rings. The van der Waals surface area contributed by atoms with Crippen molar-refractivity contribution in [1.82, 2.24) is 9.55 Å². The Kier molecular flexibility index (Phi) is 4.34. The minimum absolute atomic E-state index is 0.0241. The second-order valence-electron chi connectivity index (χ2n) is 3.72. The zero-order valence-corrected chi connectivity index (χ0v) is 12.1. The summed E-state index contributed by atoms with van der Waals surface area (Å²) in [5.74, 6) is -0.138. The number of para-hydroxylation sites is 1. The summed E-state index contributed by atoms with van der Waals surface area (Å²) in [5, 5.41) is 0.420. The first-order valence-corrected chi connectivity index (χ1v) is 7.93. The van der Waals surface area contributed by atoms with Crippen LogP contribution >= 0.6 is 23.2 Å². The summed E-state index contributed by atoms with van der Waals surface area (Å²) >= 11 is 11.6. The number of benzene rings is 1. The quantitative estimate of drug-likeness (QED) is 0.861. The minimum atomic E-state index is -3.49. The number of halogens is 2. The Morgan fingerprint density at radius 3 is 2.79 bits per heavy atom. The van der Waals surface area contributed by atoms with Crippen molar-refractivity contribution < 1.29 is 8.42 Å². The highest BCUT2D eigenvalue weighted by Gasteiger charge is 2.15. The number of sulfonamides is 1. The first-order valence-electron chi connectivity index (χ1n) is 5.37. The first-order chi connectivity index (χ1) is 9.03. The monoisotopic (exact) mass is 319 g/mol. The maximum absolute atomic E-state index is 11.8. The Hall–Kier alpha value is -1.24. The highest BCUT2D eigenvalue weighted by atomic mass is 35.5. The fraction of sp³-hybridized carbons (Fsp3) is 0.182. The standard InChI is InChI=1S/C11H11Cl2N3O2S/c12-4-7-19(17,18)15-10-3-1-2-9(13)11(10)16-6-5-14-8-16/h1-3,5-6,8,15H,4,7H2. The van der Waals surface area contributed by atoms with Gasteiger partial charge < -0.3 is 4.57 Å². The van der Waals surface area contributed by atoms with Crippen LogP contribution in [0.5, 0.6) is 0 Å². The van der Waals surface area contributed by atoms with E-state index >= 15 is 0 Å². The maximum Gasteiger partial charge on any atom is 0.233 e. The molecule has 0 bridgehead atoms. The van der Waals surface area contributed by atoms with Gasteiger partial charge in [-0.25, -0.2) is 13.4 Å². The summed E-state index contributed by atoms with van der Waals surface area (Å²) in [6, 6.07) is 4.98. The molecule has 1 N–H and O–H groups in total. The van der Waals surface area contributed by atoms with Crippen molar-refractivity contribution in [3.05, 3.63) is 41.9 Å². The van der Waals surface area contributed by atoms with E-state index in [1.165, 1.54) is 0 Å². The van der Waals surface area contributed by atoms with Crippen molar-refractivity contribution in [1.29, 1.82) is 0 Å². The molecule has 0 atom stereocenters. The van der Waals surface area contributed by atoms with Gasteiger partial charge in [0, 0.05) is 18.3 Å². The predicted molar refractivity (Wildman–Crippen MR) is 76.7 cm³/mol. The molecule has 1 aromatic heterocycles. The lowest BCUT2D eigenvalue weighted by molar-refractivity contribution is 0.602. The predicted octanol–water partition coefficient (Wildman–Crippen LogP) is 2.51. The van der Waals surface area contributed by atoms with Crippen LogP contribution in [0.25, 0.3) is 5.69 Å². The smallest absolute Gasteiger partial charge is 0.233 e. The average molecular weight is 320 g/mol. The molecule has 19 heavy (non-hydrogen) atoms. The molecule has 1 heterocycles. The van der Waals surface area contributed by atoms with Crippen LogP contribution < -0.4 is 4.72 Å². The largest absolute Gasteiger partial charge is 0.303 e. The van der Waals surface area contributed by atoms with E-state index in [1.807, 2.05) is 0 Å². The highest BCUT2D eigenvalue weighted by molar-refractivity contribution is 7.92. The Bertz CT molecular complexity index is 657. The third-order valence-electron chi connectivity index (χ3n) is 2.36. The summed E-state index contributed by atoms with van der Waals surface area (Å²) < 4.78 is 27.7. The van der Waals surface area contributed by atoms with Crippen molar-refractivity contribution in [2.75, 3.05) is 16.4 Å². The summed E-state index contributed by atoms with van der Waals surface area (Å²) in [5.41, 5.74) is 0.912. The minimum Gasteiger partial charge on any atom is -0.303 e. The molecule has 102 valence electrons. The molecule has 1 aromatic carbocycles. The summed E-state index contributed by atoms with van der Waals surface area (Å²) in [4.78, 5) is 3.92. The third-order valence-corrected chi connectivity index (χ3v) is 4.35. The Morgan fingerprint density at radius 2 is 2.16 bits per heavy atom. The van der Waals surface area contributed by atoms with E-state index in [-0.39, 0.29) is 11.6 Å². The van der Waals surface area contributed by atoms with Crippen molar-refractivity contribution in [2.24, 2.45) is 0 Å². The van der Waals surface area contributed by atoms with Crippen molar-refractivity contribution in [3.63, 3.8) is 0 Å². The van der Waals surface area contributed by atoms with Crippen LogP contribution in [-0.2, 0) is 10.0 Å². The Morgan fingerprint density at radius 1 is 1.37 bits per heavy atom. The molecule has 0 aliphatic heterocycles. The number of hydrogen-bond acceptors (Lipinski definition) is 3. The Balaban J connectivity index is 2.45. The van der Waals surface area contributed by atoms with Gasteiger partial charge in [0.1, 0.15) is 0 Å². The molecule has 8 heteroatoms. The third kappa shape index (κ3) is 3.40. The molecule has 0 spiro atoms. The number of anilines is 1. The summed E-state index contributed by atoms with van der Waals surface area (Å²) in [7, 11) is -3.49. The van der Waals surface area contributed by atoms with E-state index in [2.05, 4.69) is 9.71 Å². The molecule has 0 saturated heterocycles. The van der Waals surface area contributed by atoms with Crippen LogP contribution in [0.15, 0.2) is 36.9 Å². The number of nitrogens with zero attached hydrogens (tertiary/aromatic N) is 2. The van der Waals surface area contributed by atoms with Gasteiger partial charge in [-0.2, -0.15) is 0 Å². The Labute approximate surface area is 121 Å². The number of nitrogens with one attached hydrogen (secondary N) is 1. The molecular formula is C11H11Cl2N3O2S. The number of rotatable bonds is 5. The highest BCUT2D eigenvalue weighted by Crippen LogP contribution is 2.29. The SMILES string of the molecule is O=S(=O)(CCCl)Nc1cccc(Cl)c1-n1ccnc1. The normalized spacial score (nSPS) is 11.5. The van der Waals surface area contributed by atoms with E-state index in [4.69, 9.17) is 23.2 Å².